The predicted molar refractivity (Wildman–Crippen MR) is 179 cm³/mol. The molecule has 0 aromatic heterocycles. The van der Waals surface area contributed by atoms with Crippen molar-refractivity contribution in [3.63, 3.8) is 0 Å². The number of fused-ring (bicyclic) bond motifs is 5. The molecule has 0 saturated carbocycles. The highest BCUT2D eigenvalue weighted by Crippen LogP contribution is 2.51. The van der Waals surface area contributed by atoms with Gasteiger partial charge in [-0.1, -0.05) is 109 Å². The van der Waals surface area contributed by atoms with Crippen LogP contribution in [0.5, 0.6) is 0 Å². The molecule has 0 bridgehead atoms. The Bertz CT molecular complexity index is 2140. The van der Waals surface area contributed by atoms with E-state index in [4.69, 9.17) is 0 Å². The highest BCUT2D eigenvalue weighted by Gasteiger charge is 2.29. The van der Waals surface area contributed by atoms with E-state index in [1.54, 1.807) is 0 Å². The fourth-order valence-electron chi connectivity index (χ4n) is 6.61. The van der Waals surface area contributed by atoms with E-state index in [-0.39, 0.29) is 0 Å². The van der Waals surface area contributed by atoms with E-state index in [1.807, 2.05) is 36.4 Å². The highest BCUT2D eigenvalue weighted by molar-refractivity contribution is 6.16. The van der Waals surface area contributed by atoms with Gasteiger partial charge in [0.05, 0.1) is 23.3 Å². The zero-order valence-electron chi connectivity index (χ0n) is 23.8. The molecule has 6 aromatic carbocycles. The van der Waals surface area contributed by atoms with E-state index in [0.29, 0.717) is 11.1 Å². The molecule has 0 unspecified atom stereocenters. The Morgan fingerprint density at radius 2 is 0.750 bits per heavy atom. The van der Waals surface area contributed by atoms with Gasteiger partial charge in [-0.25, -0.2) is 0 Å². The second-order valence-corrected chi connectivity index (χ2v) is 11.2. The van der Waals surface area contributed by atoms with Crippen LogP contribution in [0.25, 0.3) is 56.7 Å². The minimum absolute atomic E-state index is 0.643. The van der Waals surface area contributed by atoms with Crippen LogP contribution in [0.15, 0.2) is 133 Å². The quantitative estimate of drug-likeness (QED) is 0.213. The molecule has 0 saturated heterocycles. The smallest absolute Gasteiger partial charge is 0.0991 e. The summed E-state index contributed by atoms with van der Waals surface area (Å²) in [5, 5.41) is 19.2. The van der Waals surface area contributed by atoms with E-state index < -0.39 is 0 Å². The van der Waals surface area contributed by atoms with Gasteiger partial charge >= 0.3 is 0 Å². The Kier molecular flexibility index (Phi) is 5.94. The number of benzene rings is 6. The average molecular weight is 557 g/mol. The van der Waals surface area contributed by atoms with Gasteiger partial charge in [-0.3, -0.25) is 0 Å². The molecule has 2 aliphatic carbocycles. The van der Waals surface area contributed by atoms with E-state index >= 15 is 0 Å². The largest absolute Gasteiger partial charge is 0.192 e. The fraction of sp³-hybridized carbons (Fsp3) is 0. The van der Waals surface area contributed by atoms with Crippen molar-refractivity contribution >= 4 is 23.3 Å². The molecule has 202 valence electrons. The molecular weight excluding hydrogens is 532 g/mol. The zero-order valence-corrected chi connectivity index (χ0v) is 23.8. The van der Waals surface area contributed by atoms with Crippen LogP contribution in [-0.2, 0) is 0 Å². The van der Waals surface area contributed by atoms with Crippen LogP contribution in [0.3, 0.4) is 0 Å². The van der Waals surface area contributed by atoms with Crippen LogP contribution in [0.1, 0.15) is 44.5 Å². The lowest BCUT2D eigenvalue weighted by atomic mass is 9.83. The van der Waals surface area contributed by atoms with Gasteiger partial charge in [0.2, 0.25) is 0 Å². The molecule has 0 N–H and O–H groups in total. The molecule has 0 atom stereocenters. The van der Waals surface area contributed by atoms with E-state index in [0.717, 1.165) is 44.5 Å². The number of nitriles is 2. The predicted octanol–water partition coefficient (Wildman–Crippen LogP) is 10.2. The first-order valence-corrected chi connectivity index (χ1v) is 14.6. The van der Waals surface area contributed by atoms with Gasteiger partial charge in [-0.05, 0) is 114 Å². The lowest BCUT2D eigenvalue weighted by Gasteiger charge is -2.19. The molecule has 2 nitrogen and oxygen atoms in total. The Hall–Kier alpha value is -6.22. The Morgan fingerprint density at radius 3 is 1.20 bits per heavy atom. The summed E-state index contributed by atoms with van der Waals surface area (Å²) in [5.41, 5.74) is 17.3. The molecule has 0 spiro atoms. The SMILES string of the molecule is N#Cc1cccc(-c2ccc3c(c2)C(=C2c4ccccc4-c4ccccc42)c2cc(-c4cccc(C#N)c4)ccc2C=C3)c1. The van der Waals surface area contributed by atoms with Crippen LogP contribution in [0.4, 0.5) is 0 Å². The molecule has 0 aliphatic heterocycles. The molecule has 0 heterocycles. The maximum atomic E-state index is 9.59. The topological polar surface area (TPSA) is 47.6 Å². The van der Waals surface area contributed by atoms with E-state index in [9.17, 15) is 10.5 Å². The van der Waals surface area contributed by atoms with Crippen LogP contribution in [-0.4, -0.2) is 0 Å². The Balaban J connectivity index is 1.47. The van der Waals surface area contributed by atoms with Gasteiger partial charge in [-0.15, -0.1) is 0 Å². The van der Waals surface area contributed by atoms with Gasteiger partial charge in [0, 0.05) is 0 Å². The van der Waals surface area contributed by atoms with Crippen molar-refractivity contribution in [3.8, 4) is 45.5 Å². The lowest BCUT2D eigenvalue weighted by Crippen LogP contribution is -1.99. The summed E-state index contributed by atoms with van der Waals surface area (Å²) in [6, 6.07) is 50.8. The number of hydrogen-bond donors (Lipinski definition) is 0. The first-order valence-electron chi connectivity index (χ1n) is 14.6. The third-order valence-corrected chi connectivity index (χ3v) is 8.67. The summed E-state index contributed by atoms with van der Waals surface area (Å²) in [6.07, 6.45) is 4.42. The summed E-state index contributed by atoms with van der Waals surface area (Å²) in [7, 11) is 0. The molecule has 0 fully saturated rings. The third kappa shape index (κ3) is 4.10. The monoisotopic (exact) mass is 556 g/mol. The number of hydrogen-bond acceptors (Lipinski definition) is 2. The number of rotatable bonds is 2. The minimum atomic E-state index is 0.643. The van der Waals surface area contributed by atoms with Crippen molar-refractivity contribution in [3.05, 3.63) is 178 Å². The van der Waals surface area contributed by atoms with Crippen molar-refractivity contribution in [2.45, 2.75) is 0 Å². The second kappa shape index (κ2) is 10.2. The molecule has 0 radical (unpaired) electrons. The molecule has 6 aromatic rings. The Morgan fingerprint density at radius 1 is 0.341 bits per heavy atom. The van der Waals surface area contributed by atoms with Crippen LogP contribution >= 0.6 is 0 Å². The van der Waals surface area contributed by atoms with Gasteiger partial charge < -0.3 is 0 Å². The molecule has 2 heteroatoms. The summed E-state index contributed by atoms with van der Waals surface area (Å²) in [6.45, 7) is 0. The zero-order chi connectivity index (χ0) is 29.6. The van der Waals surface area contributed by atoms with Crippen molar-refractivity contribution in [1.82, 2.24) is 0 Å². The van der Waals surface area contributed by atoms with Crippen LogP contribution in [0, 0.1) is 22.7 Å². The van der Waals surface area contributed by atoms with Gasteiger partial charge in [0.25, 0.3) is 0 Å². The highest BCUT2D eigenvalue weighted by atomic mass is 14.3. The Labute approximate surface area is 256 Å². The van der Waals surface area contributed by atoms with Crippen molar-refractivity contribution < 1.29 is 0 Å². The molecule has 2 aliphatic rings. The molecule has 0 amide bonds. The van der Waals surface area contributed by atoms with Crippen molar-refractivity contribution in [2.24, 2.45) is 0 Å². The normalized spacial score (nSPS) is 12.3. The summed E-state index contributed by atoms with van der Waals surface area (Å²) in [5.74, 6) is 0. The molecular formula is C42H24N2. The van der Waals surface area contributed by atoms with Crippen LogP contribution in [0.2, 0.25) is 0 Å². The van der Waals surface area contributed by atoms with Gasteiger partial charge in [-0.2, -0.15) is 10.5 Å². The number of nitrogens with zero attached hydrogens (tertiary/aromatic N) is 2. The van der Waals surface area contributed by atoms with Crippen LogP contribution < -0.4 is 0 Å². The minimum Gasteiger partial charge on any atom is -0.192 e. The van der Waals surface area contributed by atoms with Gasteiger partial charge in [0.15, 0.2) is 0 Å². The first kappa shape index (κ1) is 25.5. The summed E-state index contributed by atoms with van der Waals surface area (Å²) in [4.78, 5) is 0. The van der Waals surface area contributed by atoms with Gasteiger partial charge in [0.1, 0.15) is 0 Å². The van der Waals surface area contributed by atoms with Crippen molar-refractivity contribution in [1.29, 1.82) is 10.5 Å². The average Bonchev–Trinajstić information content (AvgIpc) is 3.33. The molecule has 44 heavy (non-hydrogen) atoms. The lowest BCUT2D eigenvalue weighted by molar-refractivity contribution is 1.47. The molecule has 8 rings (SSSR count). The second-order valence-electron chi connectivity index (χ2n) is 11.2. The maximum Gasteiger partial charge on any atom is 0.0991 e. The van der Waals surface area contributed by atoms with E-state index in [1.165, 1.54) is 33.4 Å². The standard InChI is InChI=1S/C42H24N2/c43-25-27-7-5-9-31(21-27)33-19-17-29-15-16-30-18-20-34(32-10-6-8-28(22-32)26-44)24-40(30)42(39(29)23-33)41-37-13-3-1-11-35(37)36-12-2-4-14-38(36)41/h1-24H. The third-order valence-electron chi connectivity index (χ3n) is 8.67. The fourth-order valence-corrected chi connectivity index (χ4v) is 6.61. The first-order chi connectivity index (χ1) is 21.7. The van der Waals surface area contributed by atoms with Crippen molar-refractivity contribution in [2.75, 3.05) is 0 Å². The summed E-state index contributed by atoms with van der Waals surface area (Å²) < 4.78 is 0. The summed E-state index contributed by atoms with van der Waals surface area (Å²) >= 11 is 0. The maximum absolute atomic E-state index is 9.59. The van der Waals surface area contributed by atoms with E-state index in [2.05, 4.69) is 121 Å².